The summed E-state index contributed by atoms with van der Waals surface area (Å²) in [5, 5.41) is 14.1. The van der Waals surface area contributed by atoms with E-state index in [4.69, 9.17) is 0 Å². The smallest absolute Gasteiger partial charge is 0.221 e. The molecule has 0 saturated carbocycles. The highest BCUT2D eigenvalue weighted by Gasteiger charge is 2.05. The first kappa shape index (κ1) is 14.2. The van der Waals surface area contributed by atoms with Crippen LogP contribution in [0.1, 0.15) is 25.2 Å². The average Bonchev–Trinajstić information content (AvgIpc) is 2.87. The van der Waals surface area contributed by atoms with Gasteiger partial charge in [0, 0.05) is 25.7 Å². The van der Waals surface area contributed by atoms with Crippen molar-refractivity contribution < 1.29 is 4.79 Å². The summed E-state index contributed by atoms with van der Waals surface area (Å²) in [5.74, 6) is 0.840. The highest BCUT2D eigenvalue weighted by molar-refractivity contribution is 5.89. The van der Waals surface area contributed by atoms with Crippen molar-refractivity contribution in [2.45, 2.75) is 33.5 Å². The molecule has 0 fully saturated rings. The second kappa shape index (κ2) is 6.81. The topological polar surface area (TPSA) is 71.8 Å². The molecule has 2 N–H and O–H groups in total. The van der Waals surface area contributed by atoms with Crippen LogP contribution in [-0.2, 0) is 24.4 Å². The predicted molar refractivity (Wildman–Crippen MR) is 77.0 cm³/mol. The maximum atomic E-state index is 11.2. The van der Waals surface area contributed by atoms with Crippen molar-refractivity contribution in [2.75, 3.05) is 5.32 Å². The Labute approximate surface area is 118 Å². The van der Waals surface area contributed by atoms with Gasteiger partial charge in [-0.15, -0.1) is 10.2 Å². The first-order valence-corrected chi connectivity index (χ1v) is 6.63. The third kappa shape index (κ3) is 3.64. The zero-order valence-corrected chi connectivity index (χ0v) is 11.8. The number of nitrogens with one attached hydrogen (secondary N) is 2. The minimum Gasteiger partial charge on any atom is -0.326 e. The third-order valence-corrected chi connectivity index (χ3v) is 2.96. The largest absolute Gasteiger partial charge is 0.326 e. The van der Waals surface area contributed by atoms with Crippen molar-refractivity contribution in [2.24, 2.45) is 0 Å². The van der Waals surface area contributed by atoms with E-state index in [9.17, 15) is 4.79 Å². The van der Waals surface area contributed by atoms with Crippen LogP contribution in [-0.4, -0.2) is 20.7 Å². The average molecular weight is 273 g/mol. The summed E-state index contributed by atoms with van der Waals surface area (Å²) in [4.78, 5) is 11.2. The van der Waals surface area contributed by atoms with Gasteiger partial charge in [-0.3, -0.25) is 4.79 Å². The number of aromatic nitrogens is 3. The fourth-order valence-electron chi connectivity index (χ4n) is 1.97. The van der Waals surface area contributed by atoms with Crippen molar-refractivity contribution in [1.82, 2.24) is 20.1 Å². The van der Waals surface area contributed by atoms with Crippen LogP contribution in [0.15, 0.2) is 30.6 Å². The minimum atomic E-state index is -0.0665. The molecule has 0 atom stereocenters. The Bertz CT molecular complexity index is 578. The van der Waals surface area contributed by atoms with E-state index in [1.54, 1.807) is 6.33 Å². The van der Waals surface area contributed by atoms with Gasteiger partial charge in [0.1, 0.15) is 12.2 Å². The van der Waals surface area contributed by atoms with E-state index in [1.165, 1.54) is 6.92 Å². The van der Waals surface area contributed by atoms with Crippen LogP contribution < -0.4 is 10.6 Å². The summed E-state index contributed by atoms with van der Waals surface area (Å²) in [6.45, 7) is 5.72. The van der Waals surface area contributed by atoms with E-state index in [1.807, 2.05) is 28.8 Å². The summed E-state index contributed by atoms with van der Waals surface area (Å²) >= 11 is 0. The van der Waals surface area contributed by atoms with Crippen LogP contribution in [0.5, 0.6) is 0 Å². The molecule has 2 aromatic rings. The molecule has 0 bridgehead atoms. The lowest BCUT2D eigenvalue weighted by molar-refractivity contribution is -0.114. The van der Waals surface area contributed by atoms with E-state index in [2.05, 4.69) is 27.8 Å². The van der Waals surface area contributed by atoms with Gasteiger partial charge >= 0.3 is 0 Å². The number of benzene rings is 1. The zero-order chi connectivity index (χ0) is 14.4. The number of carbonyl (C=O) groups excluding carboxylic acids is 1. The van der Waals surface area contributed by atoms with Gasteiger partial charge < -0.3 is 15.2 Å². The maximum absolute atomic E-state index is 11.2. The number of hydrogen-bond acceptors (Lipinski definition) is 4. The van der Waals surface area contributed by atoms with Crippen LogP contribution in [0.25, 0.3) is 0 Å². The fourth-order valence-corrected chi connectivity index (χ4v) is 1.97. The molecule has 0 aliphatic heterocycles. The summed E-state index contributed by atoms with van der Waals surface area (Å²) in [6.07, 6.45) is 1.72. The van der Waals surface area contributed by atoms with Crippen molar-refractivity contribution in [3.63, 3.8) is 0 Å². The molecular formula is C14H19N5O. The number of rotatable bonds is 6. The van der Waals surface area contributed by atoms with Crippen LogP contribution in [0, 0.1) is 0 Å². The standard InChI is InChI=1S/C14H19N5O/c1-3-19-10-16-18-14(19)9-15-8-12-6-4-5-7-13(12)17-11(2)20/h4-7,10,15H,3,8-9H2,1-2H3,(H,17,20). The van der Waals surface area contributed by atoms with Gasteiger partial charge in [-0.05, 0) is 18.6 Å². The normalized spacial score (nSPS) is 10.5. The molecule has 1 amide bonds. The molecule has 20 heavy (non-hydrogen) atoms. The van der Waals surface area contributed by atoms with Crippen molar-refractivity contribution >= 4 is 11.6 Å². The fraction of sp³-hybridized carbons (Fsp3) is 0.357. The second-order valence-corrected chi connectivity index (χ2v) is 4.48. The van der Waals surface area contributed by atoms with Gasteiger partial charge in [-0.2, -0.15) is 0 Å². The molecule has 0 aliphatic carbocycles. The maximum Gasteiger partial charge on any atom is 0.221 e. The van der Waals surface area contributed by atoms with Crippen molar-refractivity contribution in [1.29, 1.82) is 0 Å². The quantitative estimate of drug-likeness (QED) is 0.837. The van der Waals surface area contributed by atoms with Gasteiger partial charge in [0.2, 0.25) is 5.91 Å². The Morgan fingerprint density at radius 1 is 1.30 bits per heavy atom. The number of anilines is 1. The molecule has 1 aromatic heterocycles. The first-order valence-electron chi connectivity index (χ1n) is 6.63. The van der Waals surface area contributed by atoms with Crippen LogP contribution in [0.3, 0.4) is 0 Å². The SMILES string of the molecule is CCn1cnnc1CNCc1ccccc1NC(C)=O. The van der Waals surface area contributed by atoms with Crippen LogP contribution in [0.2, 0.25) is 0 Å². The number of para-hydroxylation sites is 1. The Morgan fingerprint density at radius 3 is 2.85 bits per heavy atom. The molecule has 0 aliphatic rings. The van der Waals surface area contributed by atoms with Crippen LogP contribution in [0.4, 0.5) is 5.69 Å². The van der Waals surface area contributed by atoms with E-state index in [0.29, 0.717) is 13.1 Å². The van der Waals surface area contributed by atoms with Gasteiger partial charge in [-0.25, -0.2) is 0 Å². The predicted octanol–water partition coefficient (Wildman–Crippen LogP) is 1.55. The lowest BCUT2D eigenvalue weighted by atomic mass is 10.1. The third-order valence-electron chi connectivity index (χ3n) is 2.96. The number of amides is 1. The highest BCUT2D eigenvalue weighted by Crippen LogP contribution is 2.14. The molecular weight excluding hydrogens is 254 g/mol. The van der Waals surface area contributed by atoms with Crippen molar-refractivity contribution in [3.05, 3.63) is 42.0 Å². The minimum absolute atomic E-state index is 0.0665. The molecule has 1 heterocycles. The number of carbonyl (C=O) groups is 1. The summed E-state index contributed by atoms with van der Waals surface area (Å²) in [6, 6.07) is 7.75. The Balaban J connectivity index is 1.95. The summed E-state index contributed by atoms with van der Waals surface area (Å²) in [7, 11) is 0. The van der Waals surface area contributed by atoms with Gasteiger partial charge in [-0.1, -0.05) is 18.2 Å². The summed E-state index contributed by atoms with van der Waals surface area (Å²) in [5.41, 5.74) is 1.88. The Hall–Kier alpha value is -2.21. The molecule has 6 nitrogen and oxygen atoms in total. The van der Waals surface area contributed by atoms with E-state index in [-0.39, 0.29) is 5.91 Å². The number of aryl methyl sites for hydroxylation is 1. The second-order valence-electron chi connectivity index (χ2n) is 4.48. The molecule has 0 saturated heterocycles. The molecule has 106 valence electrons. The zero-order valence-electron chi connectivity index (χ0n) is 11.8. The first-order chi connectivity index (χ1) is 9.70. The number of hydrogen-bond donors (Lipinski definition) is 2. The molecule has 0 spiro atoms. The summed E-state index contributed by atoms with van der Waals surface area (Å²) < 4.78 is 1.99. The van der Waals surface area contributed by atoms with E-state index in [0.717, 1.165) is 23.6 Å². The van der Waals surface area contributed by atoms with E-state index < -0.39 is 0 Å². The molecule has 0 radical (unpaired) electrons. The van der Waals surface area contributed by atoms with E-state index >= 15 is 0 Å². The molecule has 2 rings (SSSR count). The molecule has 1 aromatic carbocycles. The van der Waals surface area contributed by atoms with Gasteiger partial charge in [0.05, 0.1) is 6.54 Å². The lowest BCUT2D eigenvalue weighted by Gasteiger charge is -2.11. The molecule has 6 heteroatoms. The van der Waals surface area contributed by atoms with Crippen LogP contribution >= 0.6 is 0 Å². The molecule has 0 unspecified atom stereocenters. The Morgan fingerprint density at radius 2 is 2.10 bits per heavy atom. The van der Waals surface area contributed by atoms with Gasteiger partial charge in [0.15, 0.2) is 0 Å². The monoisotopic (exact) mass is 273 g/mol. The highest BCUT2D eigenvalue weighted by atomic mass is 16.1. The van der Waals surface area contributed by atoms with Gasteiger partial charge in [0.25, 0.3) is 0 Å². The lowest BCUT2D eigenvalue weighted by Crippen LogP contribution is -2.18. The number of nitrogens with zero attached hydrogens (tertiary/aromatic N) is 3. The van der Waals surface area contributed by atoms with Crippen molar-refractivity contribution in [3.8, 4) is 0 Å². The Kier molecular flexibility index (Phi) is 4.84.